The molecule has 0 aliphatic carbocycles. The molecule has 3 heteroatoms. The van der Waals surface area contributed by atoms with Crippen molar-refractivity contribution >= 4 is 11.6 Å². The Morgan fingerprint density at radius 2 is 2.00 bits per heavy atom. The van der Waals surface area contributed by atoms with Gasteiger partial charge in [0.05, 0.1) is 0 Å². The van der Waals surface area contributed by atoms with E-state index in [1.165, 1.54) is 13.0 Å². The lowest BCUT2D eigenvalue weighted by molar-refractivity contribution is 0.298. The summed E-state index contributed by atoms with van der Waals surface area (Å²) in [4.78, 5) is 2.43. The van der Waals surface area contributed by atoms with Crippen molar-refractivity contribution in [3.8, 4) is 0 Å². The van der Waals surface area contributed by atoms with Gasteiger partial charge in [0, 0.05) is 12.1 Å². The number of nitrogens with zero attached hydrogens (tertiary/aromatic N) is 1. The second-order valence-corrected chi connectivity index (χ2v) is 3.20. The van der Waals surface area contributed by atoms with Crippen LogP contribution in [0.25, 0.3) is 0 Å². The van der Waals surface area contributed by atoms with Gasteiger partial charge in [-0.2, -0.15) is 0 Å². The maximum absolute atomic E-state index is 5.38. The smallest absolute Gasteiger partial charge is 0.0146 e. The van der Waals surface area contributed by atoms with E-state index in [-0.39, 0.29) is 0 Å². The highest BCUT2D eigenvalue weighted by Crippen LogP contribution is 1.89. The van der Waals surface area contributed by atoms with Crippen molar-refractivity contribution in [2.24, 2.45) is 0 Å². The van der Waals surface area contributed by atoms with Crippen molar-refractivity contribution in [3.05, 3.63) is 11.6 Å². The molecule has 0 spiro atoms. The Morgan fingerprint density at radius 3 is 2.54 bits per heavy atom. The zero-order valence-corrected chi connectivity index (χ0v) is 9.48. The van der Waals surface area contributed by atoms with Crippen molar-refractivity contribution < 1.29 is 0 Å². The predicted octanol–water partition coefficient (Wildman–Crippen LogP) is 2.06. The van der Waals surface area contributed by atoms with Gasteiger partial charge in [0.15, 0.2) is 0 Å². The highest BCUT2D eigenvalue weighted by atomic mass is 35.5. The van der Waals surface area contributed by atoms with Crippen LogP contribution in [0, 0.1) is 0 Å². The van der Waals surface area contributed by atoms with Crippen LogP contribution < -0.4 is 5.32 Å². The van der Waals surface area contributed by atoms with Crippen LogP contribution in [-0.4, -0.2) is 37.6 Å². The van der Waals surface area contributed by atoms with Crippen LogP contribution in [-0.2, 0) is 0 Å². The van der Waals surface area contributed by atoms with Gasteiger partial charge in [-0.3, -0.25) is 0 Å². The summed E-state index contributed by atoms with van der Waals surface area (Å²) >= 11 is 5.38. The number of halogens is 1. The van der Waals surface area contributed by atoms with Crippen LogP contribution in [0.3, 0.4) is 0 Å². The molecule has 0 aromatic carbocycles. The minimum atomic E-state index is 0.877. The minimum Gasteiger partial charge on any atom is -0.313 e. The average molecular weight is 205 g/mol. The van der Waals surface area contributed by atoms with E-state index >= 15 is 0 Å². The monoisotopic (exact) mass is 204 g/mol. The molecule has 0 aromatic heterocycles. The third-order valence-corrected chi connectivity index (χ3v) is 2.25. The molecule has 0 saturated heterocycles. The van der Waals surface area contributed by atoms with Crippen LogP contribution in [0.2, 0.25) is 0 Å². The first-order chi connectivity index (χ1) is 6.35. The van der Waals surface area contributed by atoms with Crippen molar-refractivity contribution in [3.63, 3.8) is 0 Å². The number of rotatable bonds is 8. The first-order valence-electron chi connectivity index (χ1n) is 5.03. The Kier molecular flexibility index (Phi) is 10.00. The normalized spacial score (nSPS) is 11.7. The maximum Gasteiger partial charge on any atom is 0.0146 e. The third-order valence-electron chi connectivity index (χ3n) is 2.07. The molecule has 0 bridgehead atoms. The molecule has 0 aromatic rings. The van der Waals surface area contributed by atoms with Crippen LogP contribution in [0.4, 0.5) is 0 Å². The highest BCUT2D eigenvalue weighted by Gasteiger charge is 1.96. The summed E-state index contributed by atoms with van der Waals surface area (Å²) in [6, 6.07) is 0. The van der Waals surface area contributed by atoms with Gasteiger partial charge in [0.25, 0.3) is 0 Å². The fraction of sp³-hybridized carbons (Fsp3) is 0.800. The molecule has 0 aliphatic heterocycles. The summed E-state index contributed by atoms with van der Waals surface area (Å²) in [6.07, 6.45) is 3.12. The van der Waals surface area contributed by atoms with Gasteiger partial charge in [-0.05, 0) is 32.6 Å². The van der Waals surface area contributed by atoms with E-state index in [1.807, 2.05) is 6.08 Å². The SMILES string of the molecule is CCN(CC)CCCNC/C=C/Cl. The largest absolute Gasteiger partial charge is 0.313 e. The van der Waals surface area contributed by atoms with E-state index in [1.54, 1.807) is 5.54 Å². The molecule has 13 heavy (non-hydrogen) atoms. The summed E-state index contributed by atoms with van der Waals surface area (Å²) in [5.41, 5.74) is 1.55. The zero-order chi connectivity index (χ0) is 9.94. The molecule has 0 radical (unpaired) electrons. The lowest BCUT2D eigenvalue weighted by atomic mass is 10.3. The Balaban J connectivity index is 3.14. The Morgan fingerprint density at radius 1 is 1.31 bits per heavy atom. The minimum absolute atomic E-state index is 0.877. The van der Waals surface area contributed by atoms with E-state index in [0.717, 1.165) is 26.2 Å². The van der Waals surface area contributed by atoms with Crippen molar-refractivity contribution in [2.45, 2.75) is 20.3 Å². The summed E-state index contributed by atoms with van der Waals surface area (Å²) in [5.74, 6) is 0. The van der Waals surface area contributed by atoms with Crippen LogP contribution in [0.1, 0.15) is 20.3 Å². The Labute approximate surface area is 86.9 Å². The van der Waals surface area contributed by atoms with E-state index in [9.17, 15) is 0 Å². The van der Waals surface area contributed by atoms with Gasteiger partial charge in [-0.15, -0.1) is 0 Å². The quantitative estimate of drug-likeness (QED) is 0.609. The number of hydrogen-bond donors (Lipinski definition) is 1. The van der Waals surface area contributed by atoms with Crippen LogP contribution >= 0.6 is 11.6 Å². The molecule has 0 fully saturated rings. The van der Waals surface area contributed by atoms with E-state index in [0.29, 0.717) is 0 Å². The van der Waals surface area contributed by atoms with Gasteiger partial charge < -0.3 is 10.2 Å². The molecular weight excluding hydrogens is 184 g/mol. The lowest BCUT2D eigenvalue weighted by Crippen LogP contribution is -2.27. The molecular formula is C10H21ClN2. The van der Waals surface area contributed by atoms with Crippen molar-refractivity contribution in [1.29, 1.82) is 0 Å². The molecule has 0 heterocycles. The summed E-state index contributed by atoms with van der Waals surface area (Å²) < 4.78 is 0. The topological polar surface area (TPSA) is 15.3 Å². The first kappa shape index (κ1) is 12.9. The van der Waals surface area contributed by atoms with E-state index < -0.39 is 0 Å². The molecule has 2 nitrogen and oxygen atoms in total. The Bertz CT molecular complexity index is 122. The zero-order valence-electron chi connectivity index (χ0n) is 8.72. The molecule has 0 rings (SSSR count). The molecule has 0 atom stereocenters. The molecule has 0 aliphatic rings. The molecule has 0 amide bonds. The fourth-order valence-electron chi connectivity index (χ4n) is 1.20. The number of nitrogens with one attached hydrogen (secondary N) is 1. The van der Waals surface area contributed by atoms with Gasteiger partial charge in [0.2, 0.25) is 0 Å². The summed E-state index contributed by atoms with van der Waals surface area (Å²) in [6.45, 7) is 9.83. The second-order valence-electron chi connectivity index (χ2n) is 2.95. The number of hydrogen-bond acceptors (Lipinski definition) is 2. The van der Waals surface area contributed by atoms with Crippen molar-refractivity contribution in [1.82, 2.24) is 10.2 Å². The average Bonchev–Trinajstić information content (AvgIpc) is 2.17. The second kappa shape index (κ2) is 10.0. The first-order valence-corrected chi connectivity index (χ1v) is 5.47. The highest BCUT2D eigenvalue weighted by molar-refractivity contribution is 6.25. The summed E-state index contributed by atoms with van der Waals surface area (Å²) in [7, 11) is 0. The molecule has 78 valence electrons. The Hall–Kier alpha value is -0.0500. The van der Waals surface area contributed by atoms with Crippen LogP contribution in [0.15, 0.2) is 11.6 Å². The van der Waals surface area contributed by atoms with Gasteiger partial charge in [-0.1, -0.05) is 31.5 Å². The van der Waals surface area contributed by atoms with Gasteiger partial charge in [0.1, 0.15) is 0 Å². The maximum atomic E-state index is 5.38. The fourth-order valence-corrected chi connectivity index (χ4v) is 1.29. The lowest BCUT2D eigenvalue weighted by Gasteiger charge is -2.17. The standard InChI is InChI=1S/C10H21ClN2/c1-3-13(4-2)10-6-9-12-8-5-7-11/h5,7,12H,3-4,6,8-10H2,1-2H3/b7-5+. The third kappa shape index (κ3) is 8.28. The predicted molar refractivity (Wildman–Crippen MR) is 60.3 cm³/mol. The van der Waals surface area contributed by atoms with Crippen molar-refractivity contribution in [2.75, 3.05) is 32.7 Å². The molecule has 0 unspecified atom stereocenters. The van der Waals surface area contributed by atoms with Gasteiger partial charge in [-0.25, -0.2) is 0 Å². The molecule has 0 saturated carbocycles. The van der Waals surface area contributed by atoms with Crippen LogP contribution in [0.5, 0.6) is 0 Å². The molecule has 1 N–H and O–H groups in total. The van der Waals surface area contributed by atoms with E-state index in [2.05, 4.69) is 24.1 Å². The van der Waals surface area contributed by atoms with E-state index in [4.69, 9.17) is 11.6 Å². The summed E-state index contributed by atoms with van der Waals surface area (Å²) in [5, 5.41) is 3.29. The van der Waals surface area contributed by atoms with Gasteiger partial charge >= 0.3 is 0 Å².